The number of carbonyl (C=O) groups is 2. The second kappa shape index (κ2) is 16.3. The Hall–Kier alpha value is -0.540. The fourth-order valence-electron chi connectivity index (χ4n) is 5.18. The number of anilines is 1. The number of benzene rings is 1. The maximum atomic E-state index is 12.4. The van der Waals surface area contributed by atoms with E-state index in [0.29, 0.717) is 28.7 Å². The summed E-state index contributed by atoms with van der Waals surface area (Å²) in [5, 5.41) is 9.06. The molecule has 43 heavy (non-hydrogen) atoms. The summed E-state index contributed by atoms with van der Waals surface area (Å²) in [6, 6.07) is 2.12. The molecule has 1 atom stereocenters. The maximum absolute atomic E-state index is 12.4. The zero-order valence-corrected chi connectivity index (χ0v) is 32.6. The third kappa shape index (κ3) is 9.49. The van der Waals surface area contributed by atoms with Crippen molar-refractivity contribution in [2.45, 2.75) is 57.8 Å². The van der Waals surface area contributed by atoms with Gasteiger partial charge < -0.3 is 14.6 Å². The van der Waals surface area contributed by atoms with Crippen LogP contribution in [0.3, 0.4) is 0 Å². The number of rotatable bonds is 14. The highest BCUT2D eigenvalue weighted by Crippen LogP contribution is 2.54. The molecule has 0 saturated carbocycles. The number of hydrogen-bond acceptors (Lipinski definition) is 8. The maximum Gasteiger partial charge on any atom is 0.303 e. The lowest BCUT2D eigenvalue weighted by Gasteiger charge is -2.31. The first-order valence-electron chi connectivity index (χ1n) is 13.6. The minimum Gasteiger partial charge on any atom is -0.748 e. The number of carbonyl (C=O) groups excluding carboxylic acids is 1. The molecule has 0 spiro atoms. The number of aliphatic carboxylic acids is 1. The number of nitrogens with zero attached hydrogens (tertiary/aromatic N) is 2. The molecule has 1 N–H and O–H groups in total. The first kappa shape index (κ1) is 36.9. The second-order valence-electron chi connectivity index (χ2n) is 10.2. The molecule has 0 bridgehead atoms. The van der Waals surface area contributed by atoms with Crippen molar-refractivity contribution in [3.63, 3.8) is 0 Å². The summed E-state index contributed by atoms with van der Waals surface area (Å²) in [6.45, 7) is 4.97. The van der Waals surface area contributed by atoms with Gasteiger partial charge in [-0.05, 0) is 119 Å². The molecule has 14 heteroatoms. The number of hydrogen-bond donors (Lipinski definition) is 1. The summed E-state index contributed by atoms with van der Waals surface area (Å²) in [5.74, 6) is -1.34. The lowest BCUT2D eigenvalue weighted by atomic mass is 9.77. The molecule has 0 aromatic heterocycles. The van der Waals surface area contributed by atoms with E-state index < -0.39 is 27.3 Å². The molecule has 0 aliphatic carbocycles. The van der Waals surface area contributed by atoms with Gasteiger partial charge in [-0.15, -0.1) is 0 Å². The summed E-state index contributed by atoms with van der Waals surface area (Å²) >= 11 is 13.6. The number of fused-ring (bicyclic) bond motifs is 1. The lowest BCUT2D eigenvalue weighted by Crippen LogP contribution is -2.30. The standard InChI is InChI=1S/C29H33I3N2O6S3/c1-3-33-27(37)21(42-28(33)41)12-7-4-5-8-13-22-29(2,15-10-6-9-14-23(35)36)24-20(18-19(30)25(31)26(24)32)34(22)16-11-17-43(38,39)40/h4-5,7-8,12-13,18H,3,6,9-11,14-17H2,1-2H3,(H,35,36)(H,38,39,40)/p-1/b7-4+,8-5+,21-12+,22-13-. The predicted octanol–water partition coefficient (Wildman–Crippen LogP) is 7.31. The number of amides is 1. The Balaban J connectivity index is 1.96. The molecule has 1 aromatic carbocycles. The van der Waals surface area contributed by atoms with Crippen LogP contribution in [0.2, 0.25) is 0 Å². The Morgan fingerprint density at radius 2 is 1.74 bits per heavy atom. The zero-order chi connectivity index (χ0) is 31.9. The number of carboxylic acids is 1. The molecular formula is C29H32I3N2O6S3-. The highest BCUT2D eigenvalue weighted by molar-refractivity contribution is 14.1. The molecule has 1 unspecified atom stereocenters. The van der Waals surface area contributed by atoms with Gasteiger partial charge in [0.1, 0.15) is 4.32 Å². The number of allylic oxidation sites excluding steroid dienone is 7. The largest absolute Gasteiger partial charge is 0.748 e. The van der Waals surface area contributed by atoms with E-state index in [0.717, 1.165) is 46.9 Å². The molecule has 1 fully saturated rings. The van der Waals surface area contributed by atoms with E-state index in [4.69, 9.17) is 17.3 Å². The van der Waals surface area contributed by atoms with E-state index in [1.807, 2.05) is 31.2 Å². The van der Waals surface area contributed by atoms with Gasteiger partial charge in [0, 0.05) is 58.3 Å². The highest BCUT2D eigenvalue weighted by atomic mass is 127. The number of carboxylic acid groups (broad SMARTS) is 1. The summed E-state index contributed by atoms with van der Waals surface area (Å²) in [7, 11) is -4.35. The van der Waals surface area contributed by atoms with Gasteiger partial charge in [0.25, 0.3) is 5.91 Å². The van der Waals surface area contributed by atoms with Crippen molar-refractivity contribution in [3.8, 4) is 0 Å². The van der Waals surface area contributed by atoms with Gasteiger partial charge in [-0.2, -0.15) is 0 Å². The molecular weight excluding hydrogens is 949 g/mol. The predicted molar refractivity (Wildman–Crippen MR) is 201 cm³/mol. The smallest absolute Gasteiger partial charge is 0.303 e. The molecule has 2 aliphatic heterocycles. The van der Waals surface area contributed by atoms with Gasteiger partial charge in [-0.1, -0.05) is 61.1 Å². The lowest BCUT2D eigenvalue weighted by molar-refractivity contribution is -0.137. The molecule has 234 valence electrons. The van der Waals surface area contributed by atoms with Crippen LogP contribution < -0.4 is 4.90 Å². The van der Waals surface area contributed by atoms with Crippen LogP contribution in [-0.4, -0.2) is 58.0 Å². The third-order valence-corrected chi connectivity index (χ3v) is 14.5. The van der Waals surface area contributed by atoms with Crippen LogP contribution in [-0.2, 0) is 25.1 Å². The molecule has 3 rings (SSSR count). The molecule has 1 aromatic rings. The Kier molecular flexibility index (Phi) is 14.0. The van der Waals surface area contributed by atoms with Crippen molar-refractivity contribution in [2.75, 3.05) is 23.7 Å². The van der Waals surface area contributed by atoms with Crippen LogP contribution in [0.15, 0.2) is 53.1 Å². The van der Waals surface area contributed by atoms with Gasteiger partial charge in [0.05, 0.1) is 15.0 Å². The Morgan fingerprint density at radius 1 is 1.07 bits per heavy atom. The van der Waals surface area contributed by atoms with E-state index >= 15 is 0 Å². The normalized spacial score (nSPS) is 21.0. The third-order valence-electron chi connectivity index (χ3n) is 7.21. The molecule has 0 radical (unpaired) electrons. The number of halogens is 3. The van der Waals surface area contributed by atoms with Gasteiger partial charge in [-0.25, -0.2) is 8.42 Å². The van der Waals surface area contributed by atoms with Crippen LogP contribution in [0, 0.1) is 10.7 Å². The van der Waals surface area contributed by atoms with E-state index in [-0.39, 0.29) is 18.7 Å². The molecule has 1 saturated heterocycles. The highest BCUT2D eigenvalue weighted by Gasteiger charge is 2.45. The average molecular weight is 981 g/mol. The van der Waals surface area contributed by atoms with Gasteiger partial charge in [0.2, 0.25) is 0 Å². The molecule has 8 nitrogen and oxygen atoms in total. The molecule has 1 amide bonds. The van der Waals surface area contributed by atoms with E-state index in [9.17, 15) is 22.6 Å². The second-order valence-corrected chi connectivity index (χ2v) is 16.7. The van der Waals surface area contributed by atoms with Gasteiger partial charge >= 0.3 is 5.97 Å². The quantitative estimate of drug-likeness (QED) is 0.0390. The zero-order valence-electron chi connectivity index (χ0n) is 23.6. The molecule has 2 aliphatic rings. The first-order valence-corrected chi connectivity index (χ1v) is 19.7. The van der Waals surface area contributed by atoms with Crippen molar-refractivity contribution in [3.05, 3.63) is 69.4 Å². The van der Waals surface area contributed by atoms with Crippen LogP contribution >= 0.6 is 91.8 Å². The van der Waals surface area contributed by atoms with E-state index in [1.165, 1.54) is 11.8 Å². The van der Waals surface area contributed by atoms with Crippen molar-refractivity contribution >= 4 is 124 Å². The Morgan fingerprint density at radius 3 is 2.35 bits per heavy atom. The number of thiocarbonyl (C=S) groups is 1. The van der Waals surface area contributed by atoms with Crippen molar-refractivity contribution in [1.29, 1.82) is 0 Å². The van der Waals surface area contributed by atoms with Crippen LogP contribution in [0.5, 0.6) is 0 Å². The first-order chi connectivity index (χ1) is 20.2. The average Bonchev–Trinajstić information content (AvgIpc) is 3.32. The van der Waals surface area contributed by atoms with Gasteiger partial charge in [-0.3, -0.25) is 14.5 Å². The monoisotopic (exact) mass is 981 g/mol. The van der Waals surface area contributed by atoms with Crippen LogP contribution in [0.1, 0.15) is 57.9 Å². The fraction of sp³-hybridized carbons (Fsp3) is 0.414. The summed E-state index contributed by atoms with van der Waals surface area (Å²) in [4.78, 5) is 27.7. The van der Waals surface area contributed by atoms with Crippen LogP contribution in [0.25, 0.3) is 0 Å². The Labute approximate surface area is 304 Å². The SMILES string of the molecule is CCN1C(=O)\C(=C/C=C/C=C/C=C2\N(CCCS(=O)(=O)[O-])c3cc(I)c(I)c(I)c3C2(C)CCCCCC(=O)O)SC1=S. The van der Waals surface area contributed by atoms with Crippen LogP contribution in [0.4, 0.5) is 5.69 Å². The summed E-state index contributed by atoms with van der Waals surface area (Å²) < 4.78 is 38.2. The minimum atomic E-state index is -4.35. The summed E-state index contributed by atoms with van der Waals surface area (Å²) in [5.41, 5.74) is 2.74. The van der Waals surface area contributed by atoms with Crippen molar-refractivity contribution in [2.24, 2.45) is 0 Å². The number of likely N-dealkylation sites (N-methyl/N-ethyl adjacent to an activating group) is 1. The number of thioether (sulfide) groups is 1. The topological polar surface area (TPSA) is 118 Å². The number of unbranched alkanes of at least 4 members (excludes halogenated alkanes) is 2. The fourth-order valence-corrected chi connectivity index (χ4v) is 9.67. The van der Waals surface area contributed by atoms with Crippen molar-refractivity contribution < 1.29 is 27.7 Å². The van der Waals surface area contributed by atoms with Gasteiger partial charge in [0.15, 0.2) is 0 Å². The summed E-state index contributed by atoms with van der Waals surface area (Å²) in [6.07, 6.45) is 14.5. The van der Waals surface area contributed by atoms with E-state index in [1.54, 1.807) is 17.1 Å². The van der Waals surface area contributed by atoms with E-state index in [2.05, 4.69) is 85.7 Å². The minimum absolute atomic E-state index is 0.0920. The Bertz CT molecular complexity index is 1510. The van der Waals surface area contributed by atoms with Crippen molar-refractivity contribution in [1.82, 2.24) is 4.90 Å². The molecule has 2 heterocycles.